The van der Waals surface area contributed by atoms with Gasteiger partial charge in [0.2, 0.25) is 5.91 Å². The minimum Gasteiger partial charge on any atom is -0.356 e. The molecule has 25 heavy (non-hydrogen) atoms. The third-order valence-electron chi connectivity index (χ3n) is 4.48. The Morgan fingerprint density at radius 2 is 2.04 bits per heavy atom. The van der Waals surface area contributed by atoms with E-state index in [1.54, 1.807) is 23.3 Å². The molecule has 6 heteroatoms. The Labute approximate surface area is 151 Å². The summed E-state index contributed by atoms with van der Waals surface area (Å²) in [6.07, 6.45) is -0.718. The number of nitrogens with one attached hydrogen (secondary N) is 1. The monoisotopic (exact) mass is 358 g/mol. The summed E-state index contributed by atoms with van der Waals surface area (Å²) in [5.74, 6) is -0.315. The second-order valence-electron chi connectivity index (χ2n) is 6.27. The fraction of sp³-hybridized carbons (Fsp3) is 0.368. The van der Waals surface area contributed by atoms with E-state index in [-0.39, 0.29) is 18.4 Å². The molecule has 0 unspecified atom stereocenters. The summed E-state index contributed by atoms with van der Waals surface area (Å²) in [6.45, 7) is 4.41. The van der Waals surface area contributed by atoms with E-state index in [0.717, 1.165) is 16.0 Å². The molecular weight excluding hydrogens is 336 g/mol. The minimum atomic E-state index is -0.718. The highest BCUT2D eigenvalue weighted by molar-refractivity contribution is 7.11. The third kappa shape index (κ3) is 3.75. The van der Waals surface area contributed by atoms with E-state index in [1.807, 2.05) is 50.2 Å². The Morgan fingerprint density at radius 1 is 1.28 bits per heavy atom. The van der Waals surface area contributed by atoms with Gasteiger partial charge in [-0.2, -0.15) is 0 Å². The number of aryl methyl sites for hydroxylation is 2. The molecule has 3 rings (SSSR count). The van der Waals surface area contributed by atoms with E-state index in [4.69, 9.17) is 4.74 Å². The summed E-state index contributed by atoms with van der Waals surface area (Å²) in [7, 11) is 1.73. The average Bonchev–Trinajstić information content (AvgIpc) is 3.01. The van der Waals surface area contributed by atoms with Crippen molar-refractivity contribution in [2.75, 3.05) is 13.7 Å². The first-order valence-corrected chi connectivity index (χ1v) is 9.05. The molecule has 1 aromatic heterocycles. The van der Waals surface area contributed by atoms with Crippen molar-refractivity contribution in [2.24, 2.45) is 0 Å². The number of likely N-dealkylation sites (N-methyl/N-ethyl adjacent to an activating group) is 1. The zero-order valence-corrected chi connectivity index (χ0v) is 15.4. The van der Waals surface area contributed by atoms with Gasteiger partial charge in [-0.3, -0.25) is 9.59 Å². The number of morpholine rings is 1. The smallest absolute Gasteiger partial charge is 0.251 e. The molecule has 1 aromatic carbocycles. The topological polar surface area (TPSA) is 58.6 Å². The van der Waals surface area contributed by atoms with Crippen LogP contribution in [0.2, 0.25) is 0 Å². The Hall–Kier alpha value is -2.18. The predicted octanol–water partition coefficient (Wildman–Crippen LogP) is 2.58. The Bertz CT molecular complexity index is 786. The summed E-state index contributed by atoms with van der Waals surface area (Å²) in [5.41, 5.74) is 1.97. The largest absolute Gasteiger partial charge is 0.356 e. The van der Waals surface area contributed by atoms with Crippen molar-refractivity contribution < 1.29 is 14.3 Å². The number of hydrogen-bond acceptors (Lipinski definition) is 4. The van der Waals surface area contributed by atoms with E-state index >= 15 is 0 Å². The van der Waals surface area contributed by atoms with Crippen LogP contribution < -0.4 is 5.32 Å². The van der Waals surface area contributed by atoms with E-state index in [0.29, 0.717) is 6.54 Å². The normalized spacial score (nSPS) is 20.6. The van der Waals surface area contributed by atoms with Crippen LogP contribution in [0.5, 0.6) is 0 Å². The number of hydrogen-bond donors (Lipinski definition) is 1. The maximum atomic E-state index is 12.8. The van der Waals surface area contributed by atoms with Crippen LogP contribution in [-0.2, 0) is 20.9 Å². The van der Waals surface area contributed by atoms with Crippen LogP contribution in [-0.4, -0.2) is 36.5 Å². The summed E-state index contributed by atoms with van der Waals surface area (Å²) in [4.78, 5) is 28.8. The zero-order chi connectivity index (χ0) is 18.0. The highest BCUT2D eigenvalue weighted by Crippen LogP contribution is 2.31. The molecule has 1 aliphatic heterocycles. The molecule has 1 aliphatic rings. The van der Waals surface area contributed by atoms with Crippen molar-refractivity contribution in [3.63, 3.8) is 0 Å². The number of ether oxygens (including phenoxy) is 1. The first-order chi connectivity index (χ1) is 12.0. The molecule has 2 aromatic rings. The lowest BCUT2D eigenvalue weighted by molar-refractivity contribution is -0.162. The number of carbonyl (C=O) groups excluding carboxylic acids is 2. The van der Waals surface area contributed by atoms with E-state index in [1.165, 1.54) is 4.88 Å². The van der Waals surface area contributed by atoms with Gasteiger partial charge >= 0.3 is 0 Å². The number of nitrogens with zero attached hydrogens (tertiary/aromatic N) is 1. The van der Waals surface area contributed by atoms with Crippen molar-refractivity contribution in [3.05, 3.63) is 57.3 Å². The highest BCUT2D eigenvalue weighted by Gasteiger charge is 2.40. The van der Waals surface area contributed by atoms with Gasteiger partial charge in [-0.15, -0.1) is 11.3 Å². The van der Waals surface area contributed by atoms with Gasteiger partial charge < -0.3 is 15.0 Å². The number of carbonyl (C=O) groups is 2. The van der Waals surface area contributed by atoms with Gasteiger partial charge in [-0.1, -0.05) is 24.3 Å². The van der Waals surface area contributed by atoms with Crippen LogP contribution in [0.1, 0.15) is 26.9 Å². The van der Waals surface area contributed by atoms with Gasteiger partial charge in [-0.05, 0) is 37.1 Å². The van der Waals surface area contributed by atoms with Crippen LogP contribution in [0.15, 0.2) is 36.4 Å². The molecule has 0 aliphatic carbocycles. The van der Waals surface area contributed by atoms with E-state index < -0.39 is 12.1 Å². The number of benzene rings is 1. The number of amides is 2. The van der Waals surface area contributed by atoms with Gasteiger partial charge in [0.1, 0.15) is 6.61 Å². The van der Waals surface area contributed by atoms with Gasteiger partial charge in [0.25, 0.3) is 5.91 Å². The lowest BCUT2D eigenvalue weighted by Crippen LogP contribution is -2.53. The second-order valence-corrected chi connectivity index (χ2v) is 7.64. The van der Waals surface area contributed by atoms with Crippen LogP contribution in [0.4, 0.5) is 0 Å². The molecular formula is C19H22N2O3S. The van der Waals surface area contributed by atoms with Crippen LogP contribution in [0.3, 0.4) is 0 Å². The van der Waals surface area contributed by atoms with Gasteiger partial charge in [0.15, 0.2) is 6.10 Å². The first kappa shape index (κ1) is 17.6. The summed E-state index contributed by atoms with van der Waals surface area (Å²) >= 11 is 1.66. The van der Waals surface area contributed by atoms with Crippen molar-refractivity contribution in [1.82, 2.24) is 10.2 Å². The molecule has 132 valence electrons. The van der Waals surface area contributed by atoms with Crippen LogP contribution in [0.25, 0.3) is 0 Å². The predicted molar refractivity (Wildman–Crippen MR) is 97.3 cm³/mol. The van der Waals surface area contributed by atoms with Crippen LogP contribution >= 0.6 is 11.3 Å². The average molecular weight is 358 g/mol. The van der Waals surface area contributed by atoms with Gasteiger partial charge in [0, 0.05) is 16.8 Å². The Morgan fingerprint density at radius 3 is 2.72 bits per heavy atom. The lowest BCUT2D eigenvalue weighted by Gasteiger charge is -2.38. The van der Waals surface area contributed by atoms with Crippen LogP contribution in [0, 0.1) is 13.8 Å². The van der Waals surface area contributed by atoms with Crippen molar-refractivity contribution in [3.8, 4) is 0 Å². The zero-order valence-electron chi connectivity index (χ0n) is 14.6. The van der Waals surface area contributed by atoms with Crippen molar-refractivity contribution in [1.29, 1.82) is 0 Å². The molecule has 1 fully saturated rings. The Balaban J connectivity index is 1.80. The molecule has 2 atom stereocenters. The van der Waals surface area contributed by atoms with E-state index in [9.17, 15) is 9.59 Å². The summed E-state index contributed by atoms with van der Waals surface area (Å²) < 4.78 is 5.64. The fourth-order valence-corrected chi connectivity index (χ4v) is 3.91. The quantitative estimate of drug-likeness (QED) is 0.914. The molecule has 0 spiro atoms. The van der Waals surface area contributed by atoms with Gasteiger partial charge in [0.05, 0.1) is 12.6 Å². The molecule has 2 heterocycles. The molecule has 5 nitrogen and oxygen atoms in total. The molecule has 0 saturated carbocycles. The third-order valence-corrected chi connectivity index (χ3v) is 5.48. The Kier molecular flexibility index (Phi) is 5.20. The second kappa shape index (κ2) is 7.37. The highest BCUT2D eigenvalue weighted by atomic mass is 32.1. The standard InChI is InChI=1S/C19H22N2O3S/c1-12-6-4-5-7-15(12)17-18(24-11-16(22)21(17)3)19(23)20-10-14-9-8-13(2)25-14/h4-9,17-18H,10-11H2,1-3H3,(H,20,23)/t17-,18+/m1/s1. The molecule has 1 saturated heterocycles. The minimum absolute atomic E-state index is 0.0743. The summed E-state index contributed by atoms with van der Waals surface area (Å²) in [5, 5.41) is 2.95. The molecule has 2 amide bonds. The lowest BCUT2D eigenvalue weighted by atomic mass is 9.94. The molecule has 1 N–H and O–H groups in total. The maximum absolute atomic E-state index is 12.8. The maximum Gasteiger partial charge on any atom is 0.251 e. The summed E-state index contributed by atoms with van der Waals surface area (Å²) in [6, 6.07) is 11.4. The number of thiophene rings is 1. The van der Waals surface area contributed by atoms with Crippen molar-refractivity contribution in [2.45, 2.75) is 32.5 Å². The first-order valence-electron chi connectivity index (χ1n) is 8.23. The SMILES string of the molecule is Cc1ccc(CNC(=O)[C@H]2OCC(=O)N(C)[C@@H]2c2ccccc2C)s1. The van der Waals surface area contributed by atoms with Crippen molar-refractivity contribution >= 4 is 23.2 Å². The molecule has 0 bridgehead atoms. The van der Waals surface area contributed by atoms with E-state index in [2.05, 4.69) is 5.32 Å². The fourth-order valence-electron chi connectivity index (χ4n) is 3.08. The number of rotatable bonds is 4. The molecule has 0 radical (unpaired) electrons. The van der Waals surface area contributed by atoms with Gasteiger partial charge in [-0.25, -0.2) is 0 Å².